The van der Waals surface area contributed by atoms with Crippen molar-refractivity contribution >= 4 is 18.8 Å². The lowest BCUT2D eigenvalue weighted by Gasteiger charge is -2.34. The van der Waals surface area contributed by atoms with Gasteiger partial charge in [0.1, 0.15) is 0 Å². The van der Waals surface area contributed by atoms with Gasteiger partial charge in [0, 0.05) is 5.92 Å². The first-order chi connectivity index (χ1) is 15.6. The van der Waals surface area contributed by atoms with E-state index in [9.17, 15) is 0 Å². The van der Waals surface area contributed by atoms with Crippen molar-refractivity contribution in [2.45, 2.75) is 25.6 Å². The Morgan fingerprint density at radius 1 is 0.938 bits per heavy atom. The molecule has 0 nitrogen and oxygen atoms in total. The van der Waals surface area contributed by atoms with Crippen molar-refractivity contribution in [3.63, 3.8) is 0 Å². The van der Waals surface area contributed by atoms with Crippen molar-refractivity contribution in [3.8, 4) is 0 Å². The van der Waals surface area contributed by atoms with Crippen LogP contribution in [0.5, 0.6) is 0 Å². The van der Waals surface area contributed by atoms with Gasteiger partial charge in [-0.3, -0.25) is 0 Å². The summed E-state index contributed by atoms with van der Waals surface area (Å²) in [5, 5.41) is 1.54. The van der Waals surface area contributed by atoms with Gasteiger partial charge in [0.05, 0.1) is 8.07 Å². The second-order valence-electron chi connectivity index (χ2n) is 8.86. The molecule has 1 heteroatoms. The van der Waals surface area contributed by atoms with Crippen LogP contribution in [0.2, 0.25) is 18.6 Å². The Morgan fingerprint density at radius 2 is 1.59 bits per heavy atom. The second-order valence-corrected chi connectivity index (χ2v) is 13.4. The molecule has 0 radical (unpaired) electrons. The molecule has 0 N–H and O–H groups in total. The summed E-state index contributed by atoms with van der Waals surface area (Å²) in [7, 11) is -1.97. The second kappa shape index (κ2) is 9.43. The van der Waals surface area contributed by atoms with E-state index in [1.807, 2.05) is 6.08 Å². The van der Waals surface area contributed by atoms with Crippen molar-refractivity contribution in [1.29, 1.82) is 0 Å². The highest BCUT2D eigenvalue weighted by Gasteiger charge is 2.51. The quantitative estimate of drug-likeness (QED) is 0.245. The normalized spacial score (nSPS) is 22.0. The van der Waals surface area contributed by atoms with Gasteiger partial charge >= 0.3 is 0 Å². The van der Waals surface area contributed by atoms with Crippen LogP contribution in [0.3, 0.4) is 0 Å². The first kappa shape index (κ1) is 21.9. The predicted molar refractivity (Wildman–Crippen MR) is 142 cm³/mol. The number of benzene rings is 2. The van der Waals surface area contributed by atoms with Crippen LogP contribution >= 0.6 is 0 Å². The molecule has 0 aromatic heterocycles. The van der Waals surface area contributed by atoms with Crippen LogP contribution in [-0.2, 0) is 0 Å². The Morgan fingerprint density at radius 3 is 2.16 bits per heavy atom. The minimum atomic E-state index is -1.97. The van der Waals surface area contributed by atoms with E-state index in [0.717, 1.165) is 0 Å². The standard InChI is InChI=1S/C31H30Si/c1-5-7-17-24(6-2)28-29(25-18-11-8-12-19-25)31(27-22-15-10-16-23-27)32(3,4)30(28)26-20-13-9-14-21-26/h5-8,10-13,15-23,28,30H,2H2,1,3-4H3/b7-5-,24-17+. The van der Waals surface area contributed by atoms with Crippen LogP contribution in [0.4, 0.5) is 0 Å². The van der Waals surface area contributed by atoms with Crippen molar-refractivity contribution in [2.24, 2.45) is 5.92 Å². The average Bonchev–Trinajstić information content (AvgIpc) is 3.08. The molecule has 2 aromatic carbocycles. The lowest BCUT2D eigenvalue weighted by Crippen LogP contribution is -2.34. The highest BCUT2D eigenvalue weighted by atomic mass is 28.3. The Bertz CT molecular complexity index is 1220. The van der Waals surface area contributed by atoms with Crippen LogP contribution in [-0.4, -0.2) is 8.07 Å². The molecule has 0 spiro atoms. The molecular formula is C31H30Si. The number of hydrogen-bond acceptors (Lipinski definition) is 0. The van der Waals surface area contributed by atoms with Gasteiger partial charge in [-0.05, 0) is 63.7 Å². The smallest absolute Gasteiger partial charge is 0.0901 e. The zero-order valence-electron chi connectivity index (χ0n) is 19.2. The monoisotopic (exact) mass is 430 g/mol. The van der Waals surface area contributed by atoms with Crippen molar-refractivity contribution in [2.75, 3.05) is 0 Å². The van der Waals surface area contributed by atoms with Gasteiger partial charge in [0.2, 0.25) is 0 Å². The molecule has 1 aliphatic carbocycles. The third-order valence-electron chi connectivity index (χ3n) is 6.60. The summed E-state index contributed by atoms with van der Waals surface area (Å²) >= 11 is 0. The molecule has 2 aromatic rings. The lowest BCUT2D eigenvalue weighted by atomic mass is 9.80. The third kappa shape index (κ3) is 3.95. The summed E-state index contributed by atoms with van der Waals surface area (Å²) in [5.74, 6) is 0.235. The first-order valence-electron chi connectivity index (χ1n) is 11.3. The van der Waals surface area contributed by atoms with Crippen molar-refractivity contribution in [3.05, 3.63) is 144 Å². The molecule has 2 atom stereocenters. The van der Waals surface area contributed by atoms with E-state index in [4.69, 9.17) is 0 Å². The summed E-state index contributed by atoms with van der Waals surface area (Å²) in [4.78, 5) is 0. The molecular weight excluding hydrogens is 400 g/mol. The summed E-state index contributed by atoms with van der Waals surface area (Å²) in [6, 6.07) is 21.9. The van der Waals surface area contributed by atoms with Crippen LogP contribution in [0.1, 0.15) is 18.1 Å². The molecule has 1 heterocycles. The SMILES string of the molecule is C=C/C(=C\C=C/C)C1C(c2ccccc2)=C(c2ccccc2)[Si](C)(C)C1C1=CC=C=C=C1. The van der Waals surface area contributed by atoms with Crippen LogP contribution in [0, 0.1) is 5.92 Å². The minimum Gasteiger partial charge on any atom is -0.0988 e. The number of hydrogen-bond donors (Lipinski definition) is 0. The fourth-order valence-corrected chi connectivity index (χ4v) is 9.76. The van der Waals surface area contributed by atoms with E-state index in [0.29, 0.717) is 5.54 Å². The maximum atomic E-state index is 4.24. The molecule has 0 bridgehead atoms. The Balaban J connectivity index is 2.07. The van der Waals surface area contributed by atoms with Gasteiger partial charge in [-0.1, -0.05) is 116 Å². The van der Waals surface area contributed by atoms with Gasteiger partial charge in [0.15, 0.2) is 0 Å². The summed E-state index contributed by atoms with van der Waals surface area (Å²) in [6.07, 6.45) is 14.9. The van der Waals surface area contributed by atoms with Crippen LogP contribution in [0.15, 0.2) is 132 Å². The molecule has 0 amide bonds. The largest absolute Gasteiger partial charge is 0.0988 e. The Kier molecular flexibility index (Phi) is 6.44. The number of rotatable bonds is 6. The van der Waals surface area contributed by atoms with Gasteiger partial charge in [0.25, 0.3) is 0 Å². The van der Waals surface area contributed by atoms with Gasteiger partial charge < -0.3 is 0 Å². The molecule has 0 fully saturated rings. The molecule has 1 aliphatic heterocycles. The summed E-state index contributed by atoms with van der Waals surface area (Å²) in [5.41, 5.74) is 13.4. The van der Waals surface area contributed by atoms with E-state index in [2.05, 4.69) is 135 Å². The maximum Gasteiger partial charge on any atom is 0.0901 e. The van der Waals surface area contributed by atoms with Crippen LogP contribution in [0.25, 0.3) is 10.8 Å². The van der Waals surface area contributed by atoms with E-state index in [1.165, 1.54) is 27.8 Å². The predicted octanol–water partition coefficient (Wildman–Crippen LogP) is 8.34. The van der Waals surface area contributed by atoms with Crippen molar-refractivity contribution < 1.29 is 0 Å². The fourth-order valence-electron chi connectivity index (χ4n) is 5.34. The maximum absolute atomic E-state index is 4.24. The third-order valence-corrected chi connectivity index (χ3v) is 10.7. The van der Waals surface area contributed by atoms with E-state index in [-0.39, 0.29) is 5.92 Å². The van der Waals surface area contributed by atoms with Gasteiger partial charge in [-0.15, -0.1) is 0 Å². The van der Waals surface area contributed by atoms with E-state index >= 15 is 0 Å². The van der Waals surface area contributed by atoms with Gasteiger partial charge in [-0.2, -0.15) is 0 Å². The zero-order valence-corrected chi connectivity index (χ0v) is 20.2. The Labute approximate surface area is 193 Å². The van der Waals surface area contributed by atoms with E-state index in [1.54, 1.807) is 5.20 Å². The van der Waals surface area contributed by atoms with Gasteiger partial charge in [-0.25, -0.2) is 0 Å². The highest BCUT2D eigenvalue weighted by Crippen LogP contribution is 2.60. The first-order valence-corrected chi connectivity index (χ1v) is 14.4. The topological polar surface area (TPSA) is 0 Å². The molecule has 2 aliphatic rings. The summed E-state index contributed by atoms with van der Waals surface area (Å²) in [6.45, 7) is 11.3. The molecule has 0 saturated heterocycles. The molecule has 4 rings (SSSR count). The molecule has 0 saturated carbocycles. The fraction of sp³-hybridized carbons (Fsp3) is 0.161. The van der Waals surface area contributed by atoms with Crippen molar-refractivity contribution in [1.82, 2.24) is 0 Å². The minimum absolute atomic E-state index is 0.235. The molecule has 158 valence electrons. The zero-order chi connectivity index (χ0) is 22.6. The Hall–Kier alpha value is -3.34. The number of allylic oxidation sites excluding steroid dienone is 10. The molecule has 2 unspecified atom stereocenters. The van der Waals surface area contributed by atoms with Crippen LogP contribution < -0.4 is 0 Å². The highest BCUT2D eigenvalue weighted by molar-refractivity contribution is 6.99. The van der Waals surface area contributed by atoms with E-state index < -0.39 is 8.07 Å². The summed E-state index contributed by atoms with van der Waals surface area (Å²) < 4.78 is 0. The lowest BCUT2D eigenvalue weighted by molar-refractivity contribution is 0.786. The average molecular weight is 431 g/mol. The molecule has 32 heavy (non-hydrogen) atoms.